The summed E-state index contributed by atoms with van der Waals surface area (Å²) < 4.78 is 35.0. The fraction of sp³-hybridized carbons (Fsp3) is 0.310. The van der Waals surface area contributed by atoms with Crippen LogP contribution in [-0.2, 0) is 12.0 Å². The third-order valence-electron chi connectivity index (χ3n) is 6.34. The Balaban J connectivity index is 2.04. The van der Waals surface area contributed by atoms with Crippen molar-refractivity contribution in [1.29, 1.82) is 0 Å². The molecule has 0 aliphatic rings. The highest BCUT2D eigenvalue weighted by Gasteiger charge is 2.24. The van der Waals surface area contributed by atoms with Gasteiger partial charge in [0.25, 0.3) is 11.1 Å². The summed E-state index contributed by atoms with van der Waals surface area (Å²) in [6, 6.07) is 5.39. The van der Waals surface area contributed by atoms with E-state index in [1.807, 2.05) is 0 Å². The van der Waals surface area contributed by atoms with Crippen LogP contribution in [0.2, 0.25) is 5.02 Å². The number of hydrogen-bond acceptors (Lipinski definition) is 7. The van der Waals surface area contributed by atoms with Crippen molar-refractivity contribution in [2.24, 2.45) is 4.99 Å². The van der Waals surface area contributed by atoms with Gasteiger partial charge in [-0.3, -0.25) is 23.7 Å². The van der Waals surface area contributed by atoms with Crippen LogP contribution in [-0.4, -0.2) is 42.9 Å². The maximum absolute atomic E-state index is 13.9. The summed E-state index contributed by atoms with van der Waals surface area (Å²) in [5, 5.41) is 19.4. The minimum atomic E-state index is -0.900. The topological polar surface area (TPSA) is 119 Å². The van der Waals surface area contributed by atoms with E-state index in [0.29, 0.717) is 22.9 Å². The molecule has 1 atom stereocenters. The molecule has 12 heteroatoms. The Morgan fingerprint density at radius 1 is 1.27 bits per heavy atom. The van der Waals surface area contributed by atoms with Crippen LogP contribution in [0.4, 0.5) is 8.78 Å². The number of nitrogens with zero attached hydrogens (tertiary/aromatic N) is 4. The van der Waals surface area contributed by atoms with E-state index in [4.69, 9.17) is 16.3 Å². The molecule has 3 aromatic heterocycles. The van der Waals surface area contributed by atoms with E-state index in [-0.39, 0.29) is 35.5 Å². The summed E-state index contributed by atoms with van der Waals surface area (Å²) >= 11 is 6.27. The highest BCUT2D eigenvalue weighted by atomic mass is 35.5. The zero-order valence-electron chi connectivity index (χ0n) is 23.2. The van der Waals surface area contributed by atoms with Crippen molar-refractivity contribution >= 4 is 23.6 Å². The average Bonchev–Trinajstić information content (AvgIpc) is 2.92. The van der Waals surface area contributed by atoms with Crippen LogP contribution in [0.25, 0.3) is 6.20 Å². The SMILES string of the molecule is C/C(=C/N=C(\C=C\n1c(C)cc(OCc2ncc(F)cc2F)c(Cl)c1=O)n1cccc(C(C)(C)CO)c1=O)[C@H](C)O. The summed E-state index contributed by atoms with van der Waals surface area (Å²) in [6.45, 7) is 7.66. The van der Waals surface area contributed by atoms with Crippen molar-refractivity contribution in [2.45, 2.75) is 52.7 Å². The van der Waals surface area contributed by atoms with Gasteiger partial charge in [-0.2, -0.15) is 0 Å². The van der Waals surface area contributed by atoms with Gasteiger partial charge < -0.3 is 14.9 Å². The lowest BCUT2D eigenvalue weighted by Crippen LogP contribution is -2.36. The van der Waals surface area contributed by atoms with Crippen molar-refractivity contribution in [1.82, 2.24) is 14.1 Å². The van der Waals surface area contributed by atoms with Crippen LogP contribution in [0.3, 0.4) is 0 Å². The van der Waals surface area contributed by atoms with Gasteiger partial charge in [-0.1, -0.05) is 31.5 Å². The smallest absolute Gasteiger partial charge is 0.277 e. The van der Waals surface area contributed by atoms with Crippen LogP contribution in [0.15, 0.2) is 69.1 Å². The fourth-order valence-corrected chi connectivity index (χ4v) is 3.76. The van der Waals surface area contributed by atoms with Gasteiger partial charge in [-0.25, -0.2) is 13.8 Å². The Morgan fingerprint density at radius 2 is 1.98 bits per heavy atom. The molecule has 0 spiro atoms. The third kappa shape index (κ3) is 7.43. The van der Waals surface area contributed by atoms with Gasteiger partial charge in [0.2, 0.25) is 0 Å². The maximum atomic E-state index is 13.9. The molecule has 0 amide bonds. The van der Waals surface area contributed by atoms with Gasteiger partial charge in [-0.05, 0) is 38.5 Å². The Hall–Kier alpha value is -3.93. The van der Waals surface area contributed by atoms with Gasteiger partial charge in [0.15, 0.2) is 5.82 Å². The van der Waals surface area contributed by atoms with Gasteiger partial charge in [-0.15, -0.1) is 0 Å². The minimum absolute atomic E-state index is 0.0242. The predicted octanol–water partition coefficient (Wildman–Crippen LogP) is 4.20. The van der Waals surface area contributed by atoms with Crippen LogP contribution in [0.1, 0.15) is 44.6 Å². The summed E-state index contributed by atoms with van der Waals surface area (Å²) in [6.07, 6.45) is 5.76. The highest BCUT2D eigenvalue weighted by Crippen LogP contribution is 2.23. The number of aliphatic hydroxyl groups is 2. The van der Waals surface area contributed by atoms with Crippen molar-refractivity contribution in [3.8, 4) is 5.75 Å². The van der Waals surface area contributed by atoms with Crippen LogP contribution in [0, 0.1) is 18.6 Å². The molecule has 0 radical (unpaired) electrons. The summed E-state index contributed by atoms with van der Waals surface area (Å²) in [7, 11) is 0. The van der Waals surface area contributed by atoms with Crippen LogP contribution >= 0.6 is 11.6 Å². The second kappa shape index (κ2) is 13.2. The van der Waals surface area contributed by atoms with E-state index >= 15 is 0 Å². The lowest BCUT2D eigenvalue weighted by molar-refractivity contribution is 0.217. The molecule has 218 valence electrons. The average molecular weight is 589 g/mol. The number of aliphatic imine (C=N–C) groups is 1. The molecule has 0 unspecified atom stereocenters. The van der Waals surface area contributed by atoms with Gasteiger partial charge >= 0.3 is 0 Å². The summed E-state index contributed by atoms with van der Waals surface area (Å²) in [5.74, 6) is -1.64. The van der Waals surface area contributed by atoms with E-state index in [2.05, 4.69) is 9.98 Å². The van der Waals surface area contributed by atoms with Crippen molar-refractivity contribution in [2.75, 3.05) is 6.61 Å². The monoisotopic (exact) mass is 588 g/mol. The summed E-state index contributed by atoms with van der Waals surface area (Å²) in [4.78, 5) is 34.5. The number of ether oxygens (including phenoxy) is 1. The molecule has 0 bridgehead atoms. The second-order valence-electron chi connectivity index (χ2n) is 10.0. The fourth-order valence-electron chi connectivity index (χ4n) is 3.56. The van der Waals surface area contributed by atoms with Crippen molar-refractivity contribution in [3.63, 3.8) is 0 Å². The molecule has 0 saturated heterocycles. The molecule has 3 heterocycles. The van der Waals surface area contributed by atoms with Crippen LogP contribution < -0.4 is 15.9 Å². The number of halogens is 3. The zero-order valence-corrected chi connectivity index (χ0v) is 24.0. The molecule has 0 aliphatic heterocycles. The van der Waals surface area contributed by atoms with E-state index in [9.17, 15) is 28.6 Å². The minimum Gasteiger partial charge on any atom is -0.485 e. The van der Waals surface area contributed by atoms with E-state index in [0.717, 1.165) is 6.20 Å². The number of aromatic nitrogens is 3. The largest absolute Gasteiger partial charge is 0.485 e. The molecular formula is C29H31ClF2N4O5. The van der Waals surface area contributed by atoms with Gasteiger partial charge in [0, 0.05) is 47.4 Å². The van der Waals surface area contributed by atoms with Gasteiger partial charge in [0.05, 0.1) is 18.9 Å². The Labute approximate surface area is 240 Å². The summed E-state index contributed by atoms with van der Waals surface area (Å²) in [5.41, 5.74) is -0.818. The number of aryl methyl sites for hydroxylation is 1. The first kappa shape index (κ1) is 31.6. The Kier molecular flexibility index (Phi) is 10.1. The molecule has 0 fully saturated rings. The van der Waals surface area contributed by atoms with Crippen molar-refractivity contribution < 1.29 is 23.7 Å². The molecule has 2 N–H and O–H groups in total. The predicted molar refractivity (Wildman–Crippen MR) is 153 cm³/mol. The first-order chi connectivity index (χ1) is 19.3. The third-order valence-corrected chi connectivity index (χ3v) is 6.69. The van der Waals surface area contributed by atoms with Crippen molar-refractivity contribution in [3.05, 3.63) is 109 Å². The first-order valence-electron chi connectivity index (χ1n) is 12.5. The maximum Gasteiger partial charge on any atom is 0.277 e. The lowest BCUT2D eigenvalue weighted by atomic mass is 9.86. The molecule has 3 aromatic rings. The van der Waals surface area contributed by atoms with E-state index in [1.165, 1.54) is 39.9 Å². The molecule has 9 nitrogen and oxygen atoms in total. The molecule has 0 aliphatic carbocycles. The Morgan fingerprint density at radius 3 is 2.61 bits per heavy atom. The molecule has 41 heavy (non-hydrogen) atoms. The quantitative estimate of drug-likeness (QED) is 0.286. The van der Waals surface area contributed by atoms with E-state index in [1.54, 1.807) is 46.8 Å². The Bertz CT molecular complexity index is 1640. The second-order valence-corrected chi connectivity index (χ2v) is 10.4. The van der Waals surface area contributed by atoms with Crippen LogP contribution in [0.5, 0.6) is 5.75 Å². The highest BCUT2D eigenvalue weighted by molar-refractivity contribution is 6.31. The molecular weight excluding hydrogens is 558 g/mol. The van der Waals surface area contributed by atoms with Gasteiger partial charge in [0.1, 0.15) is 34.7 Å². The number of allylic oxidation sites excluding steroid dienone is 1. The number of pyridine rings is 3. The number of hydrogen-bond donors (Lipinski definition) is 2. The number of rotatable bonds is 9. The lowest BCUT2D eigenvalue weighted by Gasteiger charge is -2.22. The first-order valence-corrected chi connectivity index (χ1v) is 12.9. The number of aliphatic hydroxyl groups excluding tert-OH is 2. The van der Waals surface area contributed by atoms with E-state index < -0.39 is 34.3 Å². The molecule has 0 aromatic carbocycles. The zero-order chi connectivity index (χ0) is 30.5. The molecule has 3 rings (SSSR count). The molecule has 0 saturated carbocycles. The normalized spacial score (nSPS) is 13.6. The standard InChI is InChI=1S/C29H31ClF2N4O5/c1-17(19(3)38)13-34-25(36-9-6-7-21(27(36)39)29(4,5)16-37)8-10-35-18(2)11-24(26(30)28(35)40)41-15-23-22(32)12-20(31)14-33-23/h6-14,19,37-38H,15-16H2,1-5H3/b10-8+,17-13-,34-25+/t19-/m0/s1.